The monoisotopic (exact) mass is 335 g/mol. The van der Waals surface area contributed by atoms with Gasteiger partial charge in [0.05, 0.1) is 7.11 Å². The average Bonchev–Trinajstić information content (AvgIpc) is 2.74. The first-order chi connectivity index (χ1) is 7.31. The number of esters is 1. The molecule has 0 saturated heterocycles. The van der Waals surface area contributed by atoms with Gasteiger partial charge in [-0.25, -0.2) is 16.1 Å². The predicted molar refractivity (Wildman–Crippen MR) is 58.7 cm³/mol. The van der Waals surface area contributed by atoms with Crippen LogP contribution >= 0.6 is 25.0 Å². The van der Waals surface area contributed by atoms with Crippen LogP contribution in [0.4, 0.5) is 0 Å². The maximum absolute atomic E-state index is 11.1. The van der Waals surface area contributed by atoms with Crippen molar-refractivity contribution < 1.29 is 25.9 Å². The molecule has 2 aromatic rings. The van der Waals surface area contributed by atoms with E-state index in [4.69, 9.17) is 0 Å². The summed E-state index contributed by atoms with van der Waals surface area (Å²) in [4.78, 5) is 15.6. The van der Waals surface area contributed by atoms with E-state index in [1.165, 1.54) is 34.8 Å². The van der Waals surface area contributed by atoms with Gasteiger partial charge >= 0.3 is 35.9 Å². The summed E-state index contributed by atoms with van der Waals surface area (Å²) in [7, 11) is 1.37. The molecule has 0 N–H and O–H groups in total. The molecule has 0 saturated carbocycles. The fraction of sp³-hybridized carbons (Fsp3) is 0.111. The van der Waals surface area contributed by atoms with Crippen molar-refractivity contribution in [2.75, 3.05) is 7.11 Å². The van der Waals surface area contributed by atoms with Crippen molar-refractivity contribution in [3.05, 3.63) is 29.4 Å². The number of fused-ring (bicyclic) bond motifs is 1. The van der Waals surface area contributed by atoms with Crippen LogP contribution < -0.4 is 0 Å². The molecular weight excluding hydrogens is 331 g/mol. The molecule has 0 amide bonds. The van der Waals surface area contributed by atoms with Crippen LogP contribution in [0.25, 0.3) is 10.1 Å². The number of aromatic nitrogens is 1. The Morgan fingerprint density at radius 2 is 2.40 bits per heavy atom. The van der Waals surface area contributed by atoms with Gasteiger partial charge in [-0.2, -0.15) is 11.5 Å². The molecule has 74 valence electrons. The fourth-order valence-corrected chi connectivity index (χ4v) is 1.95. The summed E-state index contributed by atoms with van der Waals surface area (Å²) < 4.78 is 5.55. The molecule has 0 aliphatic heterocycles. The third-order valence-electron chi connectivity index (χ3n) is 1.63. The number of carbonyl (C=O) groups excluding carboxylic acids is 1. The van der Waals surface area contributed by atoms with Gasteiger partial charge in [-0.15, -0.1) is 6.07 Å². The number of methoxy groups -OCH3 is 1. The van der Waals surface area contributed by atoms with E-state index in [2.05, 4.69) is 29.4 Å². The summed E-state index contributed by atoms with van der Waals surface area (Å²) in [5.41, 5.74) is 0. The molecule has 0 aliphatic carbocycles. The number of hydrogen-bond acceptors (Lipinski definition) is 4. The van der Waals surface area contributed by atoms with Crippen LogP contribution in [-0.4, -0.2) is 18.1 Å². The second kappa shape index (κ2) is 6.31. The Morgan fingerprint density at radius 1 is 1.67 bits per heavy atom. The van der Waals surface area contributed by atoms with Gasteiger partial charge in [0.25, 0.3) is 0 Å². The summed E-state index contributed by atoms with van der Waals surface area (Å²) in [5.74, 6) is -0.311. The number of pyridine rings is 1. The maximum atomic E-state index is 11.1. The van der Waals surface area contributed by atoms with E-state index in [1.807, 2.05) is 0 Å². The predicted octanol–water partition coefficient (Wildman–Crippen LogP) is 2.73. The zero-order chi connectivity index (χ0) is 11.3. The van der Waals surface area contributed by atoms with Gasteiger partial charge in [0.2, 0.25) is 0 Å². The molecule has 6 heteroatoms. The van der Waals surface area contributed by atoms with E-state index in [0.29, 0.717) is 4.88 Å². The van der Waals surface area contributed by atoms with Crippen molar-refractivity contribution in [2.45, 2.75) is 0 Å². The van der Waals surface area contributed by atoms with Crippen LogP contribution in [0.2, 0.25) is 0 Å². The second-order valence-corrected chi connectivity index (χ2v) is 3.52. The molecule has 3 nitrogen and oxygen atoms in total. The van der Waals surface area contributed by atoms with Crippen molar-refractivity contribution in [1.82, 2.24) is 4.98 Å². The number of thiophene rings is 1. The van der Waals surface area contributed by atoms with Gasteiger partial charge in [0.1, 0.15) is 0 Å². The van der Waals surface area contributed by atoms with Gasteiger partial charge in [-0.1, -0.05) is 4.70 Å². The molecular formula is C9H6BrNO2SZn. The Labute approximate surface area is 108 Å². The van der Waals surface area contributed by atoms with E-state index >= 15 is 0 Å². The molecule has 0 radical (unpaired) electrons. The van der Waals surface area contributed by atoms with Crippen molar-refractivity contribution in [3.8, 4) is 0 Å². The van der Waals surface area contributed by atoms with E-state index < -0.39 is 0 Å². The molecule has 2 heterocycles. The van der Waals surface area contributed by atoms with Gasteiger partial charge in [-0.3, -0.25) is 4.98 Å². The van der Waals surface area contributed by atoms with E-state index in [0.717, 1.165) is 10.1 Å². The van der Waals surface area contributed by atoms with Crippen molar-refractivity contribution in [3.63, 3.8) is 0 Å². The summed E-state index contributed by atoms with van der Waals surface area (Å²) >= 11 is 5.61. The molecule has 0 unspecified atom stereocenters. The normalized spacial score (nSPS) is 9.33. The van der Waals surface area contributed by atoms with Gasteiger partial charge in [-0.05, 0) is 12.4 Å². The summed E-state index contributed by atoms with van der Waals surface area (Å²) in [6.45, 7) is 0. The Bertz CT molecular complexity index is 427. The second-order valence-electron chi connectivity index (χ2n) is 2.43. The quantitative estimate of drug-likeness (QED) is 0.456. The van der Waals surface area contributed by atoms with Crippen LogP contribution in [0.1, 0.15) is 9.67 Å². The standard InChI is InChI=1S/C9H6NO2S.BrH.Zn/c1-12-9(11)7-4-6-2-3-10-5-8(6)13-7;;/h3-5H,1H3;1H;/q-1;;+2/p-1. The number of carbonyl (C=O) groups is 1. The first-order valence-electron chi connectivity index (χ1n) is 3.91. The SMILES string of the molecule is COC(=O)c1cc2[c-]cncc2s1.[Zn+][Br]. The summed E-state index contributed by atoms with van der Waals surface area (Å²) in [5, 5.41) is 0.903. The topological polar surface area (TPSA) is 39.2 Å². The molecule has 0 fully saturated rings. The van der Waals surface area contributed by atoms with Crippen molar-refractivity contribution in [1.29, 1.82) is 0 Å². The zero-order valence-electron chi connectivity index (χ0n) is 7.99. The summed E-state index contributed by atoms with van der Waals surface area (Å²) in [6.07, 6.45) is 3.29. The first kappa shape index (κ1) is 12.8. The third-order valence-corrected chi connectivity index (χ3v) is 2.68. The Kier molecular flexibility index (Phi) is 5.36. The average molecular weight is 338 g/mol. The van der Waals surface area contributed by atoms with Gasteiger partial charge in [0.15, 0.2) is 0 Å². The third kappa shape index (κ3) is 3.07. The molecule has 15 heavy (non-hydrogen) atoms. The van der Waals surface area contributed by atoms with Crippen LogP contribution in [0.3, 0.4) is 0 Å². The molecule has 2 rings (SSSR count). The van der Waals surface area contributed by atoms with E-state index in [1.54, 1.807) is 18.5 Å². The number of rotatable bonds is 1. The number of nitrogens with zero attached hydrogens (tertiary/aromatic N) is 1. The van der Waals surface area contributed by atoms with Gasteiger partial charge < -0.3 is 4.74 Å². The Hall–Kier alpha value is -0.317. The van der Waals surface area contributed by atoms with Crippen LogP contribution in [0.15, 0.2) is 18.5 Å². The fourth-order valence-electron chi connectivity index (χ4n) is 1.03. The molecule has 0 bridgehead atoms. The molecule has 0 aliphatic rings. The Balaban J connectivity index is 0.000000531. The minimum atomic E-state index is -0.311. The van der Waals surface area contributed by atoms with Crippen LogP contribution in [0, 0.1) is 6.07 Å². The molecule has 2 aromatic heterocycles. The van der Waals surface area contributed by atoms with Crippen LogP contribution in [-0.2, 0) is 21.1 Å². The van der Waals surface area contributed by atoms with Crippen LogP contribution in [0.5, 0.6) is 0 Å². The number of hydrogen-bond donors (Lipinski definition) is 0. The number of halogens is 1. The molecule has 0 spiro atoms. The van der Waals surface area contributed by atoms with E-state index in [-0.39, 0.29) is 5.97 Å². The van der Waals surface area contributed by atoms with Crippen molar-refractivity contribution >= 4 is 41.0 Å². The Morgan fingerprint density at radius 3 is 3.00 bits per heavy atom. The first-order valence-corrected chi connectivity index (χ1v) is 11.7. The summed E-state index contributed by atoms with van der Waals surface area (Å²) in [6, 6.07) is 4.70. The van der Waals surface area contributed by atoms with E-state index in [9.17, 15) is 4.79 Å². The molecule has 0 atom stereocenters. The minimum absolute atomic E-state index is 0.311. The zero-order valence-corrected chi connectivity index (χ0v) is 13.4. The van der Waals surface area contributed by atoms with Crippen molar-refractivity contribution in [2.24, 2.45) is 0 Å². The molecule has 0 aromatic carbocycles. The number of ether oxygens (including phenoxy) is 1. The van der Waals surface area contributed by atoms with Gasteiger partial charge in [0, 0.05) is 4.88 Å².